The van der Waals surface area contributed by atoms with Gasteiger partial charge in [-0.1, -0.05) is 0 Å². The van der Waals surface area contributed by atoms with E-state index in [4.69, 9.17) is 34.3 Å². The van der Waals surface area contributed by atoms with Crippen LogP contribution >= 0.6 is 7.82 Å². The Hall–Kier alpha value is 4.96. The van der Waals surface area contributed by atoms with Gasteiger partial charge in [0.05, 0.1) is 0 Å². The van der Waals surface area contributed by atoms with Crippen molar-refractivity contribution in [2.75, 3.05) is 0 Å². The first-order valence-corrected chi connectivity index (χ1v) is 2.97. The fourth-order valence-corrected chi connectivity index (χ4v) is 0. The van der Waals surface area contributed by atoms with Crippen LogP contribution in [0.1, 0.15) is 0 Å². The van der Waals surface area contributed by atoms with Gasteiger partial charge in [0.25, 0.3) is 0 Å². The van der Waals surface area contributed by atoms with Crippen molar-refractivity contribution in [3.05, 3.63) is 0 Å². The van der Waals surface area contributed by atoms with Gasteiger partial charge in [0, 0.05) is 0 Å². The van der Waals surface area contributed by atoms with Crippen molar-refractivity contribution in [1.29, 1.82) is 0 Å². The monoisotopic (exact) mass is 274 g/mol. The Balaban J connectivity index is -0.0000000221. The first-order chi connectivity index (χ1) is 3.73. The zero-order valence-corrected chi connectivity index (χ0v) is 17.3. The van der Waals surface area contributed by atoms with E-state index in [0.717, 1.165) is 0 Å². The van der Waals surface area contributed by atoms with Gasteiger partial charge in [0.2, 0.25) is 0 Å². The minimum absolute atomic E-state index is 0. The molecule has 0 aromatic heterocycles. The number of phosphoric acid groups is 1. The molecule has 0 fully saturated rings. The number of hydrogen-bond donors (Lipinski definition) is 3. The molecule has 12 heavy (non-hydrogen) atoms. The van der Waals surface area contributed by atoms with Crippen LogP contribution in [0.2, 0.25) is 0 Å². The average molecular weight is 274 g/mol. The van der Waals surface area contributed by atoms with E-state index in [-0.39, 0.29) is 154 Å². The molecule has 0 saturated carbocycles. The molecule has 0 aliphatic heterocycles. The van der Waals surface area contributed by atoms with Crippen molar-refractivity contribution in [3.8, 4) is 0 Å². The third kappa shape index (κ3) is 118. The van der Waals surface area contributed by atoms with Gasteiger partial charge in [0.1, 0.15) is 0 Å². The Kier molecular flexibility index (Phi) is 46.1. The van der Waals surface area contributed by atoms with E-state index >= 15 is 0 Å². The van der Waals surface area contributed by atoms with Crippen LogP contribution in [0.4, 0.5) is 0 Å². The van der Waals surface area contributed by atoms with E-state index in [1.165, 1.54) is 0 Å². The minimum atomic E-state index is -5.39. The predicted molar refractivity (Wildman–Crippen MR) is 20.0 cm³/mol. The van der Waals surface area contributed by atoms with E-state index in [0.29, 0.717) is 0 Å². The van der Waals surface area contributed by atoms with Crippen LogP contribution in [-0.4, -0.2) is 22.4 Å². The molecule has 0 rings (SSSR count). The first kappa shape index (κ1) is 30.2. The Bertz CT molecular complexity index is 89.8. The van der Waals surface area contributed by atoms with Crippen molar-refractivity contribution in [2.24, 2.45) is 0 Å². The van der Waals surface area contributed by atoms with E-state index in [9.17, 15) is 0 Å². The maximum absolute atomic E-state index is 8.55. The van der Waals surface area contributed by atoms with Gasteiger partial charge in [-0.15, -0.1) is 0 Å². The third-order valence-electron chi connectivity index (χ3n) is 0. The summed E-state index contributed by atoms with van der Waals surface area (Å²) < 4.78 is 8.55. The summed E-state index contributed by atoms with van der Waals surface area (Å²) in [6.45, 7) is 0. The van der Waals surface area contributed by atoms with Gasteiger partial charge in [-0.25, -0.2) is 0 Å². The van der Waals surface area contributed by atoms with Gasteiger partial charge in [0.15, 0.2) is 0 Å². The van der Waals surface area contributed by atoms with E-state index in [2.05, 4.69) is 0 Å². The third-order valence-corrected chi connectivity index (χ3v) is 0. The van der Waals surface area contributed by atoms with Crippen LogP contribution in [0.15, 0.2) is 0 Å². The summed E-state index contributed by atoms with van der Waals surface area (Å²) in [6.07, 6.45) is 0. The zero-order valence-electron chi connectivity index (χ0n) is 7.00. The Morgan fingerprint density at radius 3 is 0.917 bits per heavy atom. The summed E-state index contributed by atoms with van der Waals surface area (Å²) in [5.74, 6) is 0. The van der Waals surface area contributed by atoms with Gasteiger partial charge in [-0.05, 0) is 0 Å². The van der Waals surface area contributed by atoms with Crippen LogP contribution in [0.3, 0.4) is 0 Å². The predicted octanol–water partition coefficient (Wildman–Crippen LogP) is -13.9. The molecule has 0 unspecified atom stereocenters. The van der Waals surface area contributed by atoms with Crippen molar-refractivity contribution in [2.45, 2.75) is 0 Å². The van der Waals surface area contributed by atoms with Crippen molar-refractivity contribution >= 4 is 15.1 Å². The molecule has 3 N–H and O–H groups in total. The molecule has 0 atom stereocenters. The molecule has 0 aromatic rings. The molecular formula is H3BK3O7P. The molecule has 0 spiro atoms. The first-order valence-electron chi connectivity index (χ1n) is 1.50. The minimum Gasteiger partial charge on any atom is -0.822 e. The van der Waals surface area contributed by atoms with Crippen LogP contribution in [0.5, 0.6) is 0 Å². The van der Waals surface area contributed by atoms with Crippen LogP contribution in [0, 0.1) is 0 Å². The van der Waals surface area contributed by atoms with Gasteiger partial charge in [-0.2, -0.15) is 7.82 Å². The van der Waals surface area contributed by atoms with E-state index < -0.39 is 15.1 Å². The SMILES string of the molecule is O=P([O-])([O-])[O-].OB(O)O.[K+].[K+].[K+]. The molecule has 0 aliphatic rings. The van der Waals surface area contributed by atoms with Gasteiger partial charge in [-0.3, -0.25) is 0 Å². The maximum Gasteiger partial charge on any atom is 1.00 e. The van der Waals surface area contributed by atoms with Gasteiger partial charge < -0.3 is 34.3 Å². The summed E-state index contributed by atoms with van der Waals surface area (Å²) in [7, 11) is -7.56. The molecule has 0 bridgehead atoms. The molecule has 0 radical (unpaired) electrons. The molecule has 56 valence electrons. The van der Waals surface area contributed by atoms with Crippen molar-refractivity contribution in [3.63, 3.8) is 0 Å². The van der Waals surface area contributed by atoms with E-state index in [1.807, 2.05) is 0 Å². The molecule has 7 nitrogen and oxygen atoms in total. The Morgan fingerprint density at radius 2 is 0.917 bits per heavy atom. The molecular weight excluding hydrogens is 271 g/mol. The number of hydrogen-bond acceptors (Lipinski definition) is 7. The van der Waals surface area contributed by atoms with Gasteiger partial charge >= 0.3 is 161 Å². The fraction of sp³-hybridized carbons (Fsp3) is 0. The summed E-state index contributed by atoms with van der Waals surface area (Å²) in [4.78, 5) is 25.6. The summed E-state index contributed by atoms with van der Waals surface area (Å²) >= 11 is 0. The molecule has 0 heterocycles. The molecule has 0 aromatic carbocycles. The smallest absolute Gasteiger partial charge is 0.822 e. The topological polar surface area (TPSA) is 147 Å². The van der Waals surface area contributed by atoms with Crippen molar-refractivity contribution in [1.82, 2.24) is 0 Å². The second-order valence-electron chi connectivity index (χ2n) is 0.794. The fourth-order valence-electron chi connectivity index (χ4n) is 0. The number of rotatable bonds is 0. The van der Waals surface area contributed by atoms with Crippen LogP contribution < -0.4 is 169 Å². The summed E-state index contributed by atoms with van der Waals surface area (Å²) in [5.41, 5.74) is 0. The summed E-state index contributed by atoms with van der Waals surface area (Å²) in [5, 5.41) is 21.5. The van der Waals surface area contributed by atoms with Crippen molar-refractivity contribution < 1.29 is 188 Å². The summed E-state index contributed by atoms with van der Waals surface area (Å²) in [6, 6.07) is 0. The van der Waals surface area contributed by atoms with Crippen LogP contribution in [0.25, 0.3) is 0 Å². The quantitative estimate of drug-likeness (QED) is 0.293. The van der Waals surface area contributed by atoms with E-state index in [1.54, 1.807) is 0 Å². The maximum atomic E-state index is 8.55. The second-order valence-corrected chi connectivity index (χ2v) is 1.69. The second kappa shape index (κ2) is 18.3. The normalized spacial score (nSPS) is 7.17. The molecule has 0 aliphatic carbocycles. The molecule has 0 amide bonds. The van der Waals surface area contributed by atoms with Crippen LogP contribution in [-0.2, 0) is 4.57 Å². The standard InChI is InChI=1S/BH3O3.3K.H3O4P/c2-1(3)4;;;;1-5(2,3)4/h2-4H;;;;(H3,1,2,3,4)/q;3*+1;/p-3. The Morgan fingerprint density at radius 1 is 0.917 bits per heavy atom. The molecule has 0 saturated heterocycles. The Labute approximate surface area is 197 Å². The average Bonchev–Trinajstić information content (AvgIpc) is 1.19. The molecule has 12 heteroatoms. The largest absolute Gasteiger partial charge is 1.00 e. The zero-order chi connectivity index (χ0) is 8.08.